The molecule has 30 heavy (non-hydrogen) atoms. The number of aryl methyl sites for hydroxylation is 1. The molecule has 0 unspecified atom stereocenters. The van der Waals surface area contributed by atoms with E-state index in [1.54, 1.807) is 12.1 Å². The number of nitrogens with one attached hydrogen (secondary N) is 1. The first-order valence-electron chi connectivity index (χ1n) is 9.51. The molecule has 2 aromatic carbocycles. The molecule has 0 saturated heterocycles. The molecule has 7 nitrogen and oxygen atoms in total. The number of amides is 2. The number of aromatic nitrogens is 2. The summed E-state index contributed by atoms with van der Waals surface area (Å²) in [5.41, 5.74) is 2.21. The van der Waals surface area contributed by atoms with Gasteiger partial charge in [0.15, 0.2) is 10.9 Å². The van der Waals surface area contributed by atoms with Crippen molar-refractivity contribution in [1.82, 2.24) is 10.2 Å². The van der Waals surface area contributed by atoms with Gasteiger partial charge in [-0.15, -0.1) is 10.2 Å². The molecule has 2 amide bonds. The van der Waals surface area contributed by atoms with Gasteiger partial charge in [-0.05, 0) is 36.6 Å². The highest BCUT2D eigenvalue weighted by Gasteiger charge is 2.22. The van der Waals surface area contributed by atoms with Crippen molar-refractivity contribution in [3.05, 3.63) is 60.2 Å². The van der Waals surface area contributed by atoms with Crippen LogP contribution in [0.3, 0.4) is 0 Å². The van der Waals surface area contributed by atoms with Crippen LogP contribution in [0.15, 0.2) is 58.9 Å². The molecule has 0 bridgehead atoms. The largest absolute Gasteiger partial charge is 0.484 e. The number of hydrogen-bond donors (Lipinski definition) is 1. The van der Waals surface area contributed by atoms with Crippen LogP contribution in [0.1, 0.15) is 12.0 Å². The van der Waals surface area contributed by atoms with Crippen LogP contribution in [0.25, 0.3) is 0 Å². The van der Waals surface area contributed by atoms with Gasteiger partial charge in [0.05, 0.1) is 5.75 Å². The number of hydrogen-bond acceptors (Lipinski definition) is 7. The van der Waals surface area contributed by atoms with Crippen molar-refractivity contribution in [3.63, 3.8) is 0 Å². The number of thioether (sulfide) groups is 1. The zero-order valence-electron chi connectivity index (χ0n) is 16.1. The minimum absolute atomic E-state index is 0.0456. The fourth-order valence-electron chi connectivity index (χ4n) is 3.13. The number of para-hydroxylation sites is 2. The molecule has 0 radical (unpaired) electrons. The lowest BCUT2D eigenvalue weighted by molar-refractivity contribution is -0.118. The van der Waals surface area contributed by atoms with Gasteiger partial charge in [0.2, 0.25) is 11.0 Å². The van der Waals surface area contributed by atoms with E-state index in [0.29, 0.717) is 15.2 Å². The third kappa shape index (κ3) is 5.17. The first-order chi connectivity index (χ1) is 14.7. The molecule has 154 valence electrons. The molecule has 1 aliphatic rings. The Morgan fingerprint density at radius 1 is 1.10 bits per heavy atom. The van der Waals surface area contributed by atoms with Crippen molar-refractivity contribution in [1.29, 1.82) is 0 Å². The average Bonchev–Trinajstić information content (AvgIpc) is 3.23. The van der Waals surface area contributed by atoms with Crippen molar-refractivity contribution in [2.75, 3.05) is 29.1 Å². The quantitative estimate of drug-likeness (QED) is 0.446. The molecule has 1 aliphatic heterocycles. The zero-order chi connectivity index (χ0) is 20.8. The van der Waals surface area contributed by atoms with Gasteiger partial charge in [-0.2, -0.15) is 0 Å². The molecule has 3 aromatic rings. The van der Waals surface area contributed by atoms with Crippen molar-refractivity contribution in [3.8, 4) is 5.75 Å². The number of anilines is 2. The van der Waals surface area contributed by atoms with Crippen LogP contribution in [0.5, 0.6) is 5.75 Å². The van der Waals surface area contributed by atoms with E-state index in [4.69, 9.17) is 4.74 Å². The standard InChI is InChI=1S/C21H20N4O3S2/c26-18(13-28-16-9-2-1-3-10-16)22-20-23-24-21(30-20)29-14-19(27)25-12-6-8-15-7-4-5-11-17(15)25/h1-5,7,9-11H,6,8,12-14H2,(H,22,23,26). The van der Waals surface area contributed by atoms with Crippen molar-refractivity contribution in [2.45, 2.75) is 17.2 Å². The molecule has 0 saturated carbocycles. The predicted octanol–water partition coefficient (Wildman–Crippen LogP) is 3.63. The van der Waals surface area contributed by atoms with Crippen LogP contribution in [0.4, 0.5) is 10.8 Å². The maximum Gasteiger partial charge on any atom is 0.264 e. The first kappa shape index (κ1) is 20.4. The minimum atomic E-state index is -0.312. The van der Waals surface area contributed by atoms with Crippen molar-refractivity contribution < 1.29 is 14.3 Å². The second kappa shape index (κ2) is 9.73. The monoisotopic (exact) mass is 440 g/mol. The molecular formula is C21H20N4O3S2. The number of fused-ring (bicyclic) bond motifs is 1. The lowest BCUT2D eigenvalue weighted by atomic mass is 10.0. The summed E-state index contributed by atoms with van der Waals surface area (Å²) in [5, 5.41) is 11.1. The Kier molecular flexibility index (Phi) is 6.60. The van der Waals surface area contributed by atoms with Gasteiger partial charge in [-0.1, -0.05) is 59.5 Å². The molecule has 4 rings (SSSR count). The number of nitrogens with zero attached hydrogens (tertiary/aromatic N) is 3. The Morgan fingerprint density at radius 3 is 2.77 bits per heavy atom. The third-order valence-corrected chi connectivity index (χ3v) is 6.45. The number of rotatable bonds is 7. The van der Waals surface area contributed by atoms with Gasteiger partial charge < -0.3 is 9.64 Å². The lowest BCUT2D eigenvalue weighted by Crippen LogP contribution is -2.36. The summed E-state index contributed by atoms with van der Waals surface area (Å²) in [6.07, 6.45) is 1.97. The van der Waals surface area contributed by atoms with Crippen LogP contribution >= 0.6 is 23.1 Å². The highest BCUT2D eigenvalue weighted by molar-refractivity contribution is 8.01. The lowest BCUT2D eigenvalue weighted by Gasteiger charge is -2.29. The summed E-state index contributed by atoms with van der Waals surface area (Å²) in [4.78, 5) is 26.6. The third-order valence-electron chi connectivity index (χ3n) is 4.50. The predicted molar refractivity (Wildman–Crippen MR) is 118 cm³/mol. The van der Waals surface area contributed by atoms with Crippen molar-refractivity contribution in [2.24, 2.45) is 0 Å². The van der Waals surface area contributed by atoms with Gasteiger partial charge in [-0.25, -0.2) is 0 Å². The topological polar surface area (TPSA) is 84.4 Å². The SMILES string of the molecule is O=C(COc1ccccc1)Nc1nnc(SCC(=O)N2CCCc3ccccc32)s1. The summed E-state index contributed by atoms with van der Waals surface area (Å²) < 4.78 is 6.04. The van der Waals surface area contributed by atoms with Crippen molar-refractivity contribution >= 4 is 45.7 Å². The summed E-state index contributed by atoms with van der Waals surface area (Å²) in [7, 11) is 0. The highest BCUT2D eigenvalue weighted by atomic mass is 32.2. The van der Waals surface area contributed by atoms with E-state index < -0.39 is 0 Å². The Bertz CT molecular complexity index is 1030. The molecule has 0 aliphatic carbocycles. The van der Waals surface area contributed by atoms with E-state index in [0.717, 1.165) is 25.1 Å². The average molecular weight is 441 g/mol. The van der Waals surface area contributed by atoms with E-state index in [1.807, 2.05) is 41.3 Å². The van der Waals surface area contributed by atoms with E-state index in [2.05, 4.69) is 21.6 Å². The Hall–Kier alpha value is -2.91. The molecule has 0 spiro atoms. The Balaban J connectivity index is 1.27. The maximum absolute atomic E-state index is 12.7. The maximum atomic E-state index is 12.7. The van der Waals surface area contributed by atoms with Crippen LogP contribution in [0, 0.1) is 0 Å². The van der Waals surface area contributed by atoms with Gasteiger partial charge in [0.25, 0.3) is 5.91 Å². The number of carbonyl (C=O) groups is 2. The summed E-state index contributed by atoms with van der Waals surface area (Å²) in [6.45, 7) is 0.619. The minimum Gasteiger partial charge on any atom is -0.484 e. The molecule has 9 heteroatoms. The molecular weight excluding hydrogens is 420 g/mol. The molecule has 2 heterocycles. The van der Waals surface area contributed by atoms with Crippen LogP contribution in [-0.2, 0) is 16.0 Å². The van der Waals surface area contributed by atoms with Gasteiger partial charge in [0, 0.05) is 12.2 Å². The Morgan fingerprint density at radius 2 is 1.90 bits per heavy atom. The number of benzene rings is 2. The molecule has 1 aromatic heterocycles. The Labute approximate surface area is 182 Å². The first-order valence-corrected chi connectivity index (χ1v) is 11.3. The number of ether oxygens (including phenoxy) is 1. The second-order valence-electron chi connectivity index (χ2n) is 6.59. The smallest absolute Gasteiger partial charge is 0.264 e. The fraction of sp³-hybridized carbons (Fsp3) is 0.238. The van der Waals surface area contributed by atoms with E-state index in [-0.39, 0.29) is 24.2 Å². The summed E-state index contributed by atoms with van der Waals surface area (Å²) in [6, 6.07) is 17.1. The van der Waals surface area contributed by atoms with Crippen LogP contribution < -0.4 is 15.0 Å². The van der Waals surface area contributed by atoms with E-state index >= 15 is 0 Å². The molecule has 0 fully saturated rings. The zero-order valence-corrected chi connectivity index (χ0v) is 17.7. The second-order valence-corrected chi connectivity index (χ2v) is 8.79. The molecule has 0 atom stereocenters. The van der Waals surface area contributed by atoms with Crippen LogP contribution in [-0.4, -0.2) is 40.9 Å². The van der Waals surface area contributed by atoms with Gasteiger partial charge >= 0.3 is 0 Å². The summed E-state index contributed by atoms with van der Waals surface area (Å²) >= 11 is 2.57. The molecule has 1 N–H and O–H groups in total. The highest BCUT2D eigenvalue weighted by Crippen LogP contribution is 2.29. The normalized spacial score (nSPS) is 12.9. The van der Waals surface area contributed by atoms with Gasteiger partial charge in [-0.3, -0.25) is 14.9 Å². The van der Waals surface area contributed by atoms with Gasteiger partial charge in [0.1, 0.15) is 5.75 Å². The van der Waals surface area contributed by atoms with E-state index in [1.165, 1.54) is 28.7 Å². The van der Waals surface area contributed by atoms with Crippen LogP contribution in [0.2, 0.25) is 0 Å². The number of carbonyl (C=O) groups excluding carboxylic acids is 2. The summed E-state index contributed by atoms with van der Waals surface area (Å²) in [5.74, 6) is 0.629. The van der Waals surface area contributed by atoms with E-state index in [9.17, 15) is 9.59 Å². The fourth-order valence-corrected chi connectivity index (χ4v) is 4.78.